The van der Waals surface area contributed by atoms with Gasteiger partial charge in [0.25, 0.3) is 17.1 Å². The first-order valence-electron chi connectivity index (χ1n) is 23.1. The summed E-state index contributed by atoms with van der Waals surface area (Å²) in [6, 6.07) is 9.70. The molecule has 1 N–H and O–H groups in total. The summed E-state index contributed by atoms with van der Waals surface area (Å²) in [5.74, 6) is -0.0471. The molecular formula is C48H67B3BrN3O19. The number of phenols is 1. The number of aryl methyl sites for hydroxylation is 3. The fourth-order valence-electron chi connectivity index (χ4n) is 7.03. The minimum Gasteiger partial charge on any atom is -0.508 e. The average molecular weight is 1100 g/mol. The third-order valence-electron chi connectivity index (χ3n) is 13.5. The summed E-state index contributed by atoms with van der Waals surface area (Å²) in [4.78, 5) is 80.0. The van der Waals surface area contributed by atoms with Crippen molar-refractivity contribution in [1.29, 1.82) is 0 Å². The summed E-state index contributed by atoms with van der Waals surface area (Å²) in [6.45, 7) is 35.2. The number of rotatable bonds is 8. The summed E-state index contributed by atoms with van der Waals surface area (Å²) in [6.07, 6.45) is 2.98. The molecule has 0 radical (unpaired) electrons. The summed E-state index contributed by atoms with van der Waals surface area (Å²) >= 11 is 3.25. The Labute approximate surface area is 440 Å². The Morgan fingerprint density at radius 1 is 0.473 bits per heavy atom. The second-order valence-electron chi connectivity index (χ2n) is 19.7. The topological polar surface area (TPSA) is 307 Å². The van der Waals surface area contributed by atoms with Gasteiger partial charge in [-0.2, -0.15) is 28.8 Å². The van der Waals surface area contributed by atoms with Crippen LogP contribution in [0.1, 0.15) is 137 Å². The van der Waals surface area contributed by atoms with Crippen LogP contribution in [0.2, 0.25) is 0 Å². The number of aromatic hydroxyl groups is 1. The highest BCUT2D eigenvalue weighted by Crippen LogP contribution is 2.43. The van der Waals surface area contributed by atoms with E-state index < -0.39 is 37.3 Å². The molecule has 0 spiro atoms. The lowest BCUT2D eigenvalue weighted by atomic mass is 9.49. The molecule has 3 heterocycles. The Balaban J connectivity index is 0.000000924. The van der Waals surface area contributed by atoms with Gasteiger partial charge < -0.3 is 33.0 Å². The third-order valence-corrected chi connectivity index (χ3v) is 13.9. The van der Waals surface area contributed by atoms with E-state index >= 15 is 0 Å². The van der Waals surface area contributed by atoms with E-state index in [0.29, 0.717) is 23.0 Å². The van der Waals surface area contributed by atoms with Crippen LogP contribution in [0.15, 0.2) is 40.9 Å². The number of hydrogen-bond acceptors (Lipinski definition) is 19. The molecule has 3 fully saturated rings. The van der Waals surface area contributed by atoms with Gasteiger partial charge in [-0.15, -0.1) is 0 Å². The molecule has 3 aliphatic rings. The number of halogens is 1. The molecule has 404 valence electrons. The van der Waals surface area contributed by atoms with Crippen molar-refractivity contribution in [2.45, 2.75) is 177 Å². The highest BCUT2D eigenvalue weighted by Gasteiger charge is 2.63. The fourth-order valence-corrected chi connectivity index (χ4v) is 7.52. The van der Waals surface area contributed by atoms with Gasteiger partial charge in [0.15, 0.2) is 0 Å². The monoisotopic (exact) mass is 1100 g/mol. The Morgan fingerprint density at radius 3 is 1.03 bits per heavy atom. The number of nitrogens with zero attached hydrogens (tertiary/aromatic N) is 3. The van der Waals surface area contributed by atoms with Gasteiger partial charge in [-0.25, -0.2) is 0 Å². The van der Waals surface area contributed by atoms with Gasteiger partial charge in [0.2, 0.25) is 0 Å². The summed E-state index contributed by atoms with van der Waals surface area (Å²) < 4.78 is 36.6. The zero-order valence-electron chi connectivity index (χ0n) is 45.3. The normalized spacial score (nSPS) is 17.3. The average Bonchev–Trinajstić information content (AvgIpc) is 3.75. The minimum atomic E-state index is -0.570. The van der Waals surface area contributed by atoms with E-state index in [1.54, 1.807) is 32.9 Å². The first kappa shape index (κ1) is 68.2. The Hall–Kier alpha value is -5.77. The number of nitro benzene ring substituents is 3. The SMILES string of the molecule is CC1(C)OB(B2OC(C)(C)C(C)(C)O2)OC1(C)C.CCc1cc(B2OC(C)(C)C(C)(C)O2)cc([N+](=O)[O-])c1C.CCc1cc(Br)cc([N+](=O)[O-])c1C.CCc1cc(O)cc([N+](=O)[O-])c1C.O=C=O.O=C=O.O=C=O. The van der Waals surface area contributed by atoms with Crippen molar-refractivity contribution >= 4 is 78.0 Å². The molecule has 6 rings (SSSR count). The summed E-state index contributed by atoms with van der Waals surface area (Å²) in [5.41, 5.74) is 3.54. The zero-order chi connectivity index (χ0) is 58.1. The van der Waals surface area contributed by atoms with Crippen molar-refractivity contribution in [2.75, 3.05) is 0 Å². The Morgan fingerprint density at radius 2 is 0.730 bits per heavy atom. The first-order chi connectivity index (χ1) is 33.8. The smallest absolute Gasteiger partial charge is 0.495 e. The molecule has 0 amide bonds. The molecule has 0 aromatic heterocycles. The van der Waals surface area contributed by atoms with Crippen LogP contribution < -0.4 is 5.46 Å². The standard InChI is InChI=1S/C15H22BNO4.C12H24B2O4.C9H10BrNO2.C9H11NO3.3CO2/c1-7-11-8-12(9-13(10(11)2)17(18)19)16-20-14(3,4)15(5,6)21-16;1-9(2)10(3,4)16-13(15-9)14-17-11(5,6)12(7,8)18-14;1-3-7-4-8(10)5-9(6(7)2)11(12)13;1-3-7-4-8(11)5-9(6(7)2)10(12)13;3*2-1-3/h8-9H,7H2,1-6H3;1-8H3;4-5H,3H2,1-2H3;4-5,11H,3H2,1-2H3;;;. The molecule has 0 unspecified atom stereocenters. The van der Waals surface area contributed by atoms with Crippen molar-refractivity contribution in [3.63, 3.8) is 0 Å². The van der Waals surface area contributed by atoms with Crippen LogP contribution in [-0.2, 0) is 76.0 Å². The van der Waals surface area contributed by atoms with E-state index in [1.165, 1.54) is 12.1 Å². The van der Waals surface area contributed by atoms with Gasteiger partial charge in [-0.3, -0.25) is 30.3 Å². The van der Waals surface area contributed by atoms with Crippen LogP contribution in [0.3, 0.4) is 0 Å². The molecule has 3 aromatic rings. The molecule has 0 bridgehead atoms. The Bertz CT molecular complexity index is 2370. The van der Waals surface area contributed by atoms with E-state index in [-0.39, 0.29) is 73.5 Å². The molecule has 3 saturated heterocycles. The molecule has 0 saturated carbocycles. The molecular weight excluding hydrogens is 1030 g/mol. The van der Waals surface area contributed by atoms with Crippen LogP contribution in [0, 0.1) is 51.1 Å². The highest BCUT2D eigenvalue weighted by molar-refractivity contribution is 9.10. The predicted molar refractivity (Wildman–Crippen MR) is 274 cm³/mol. The number of nitro groups is 3. The lowest BCUT2D eigenvalue weighted by molar-refractivity contribution is -0.385. The molecule has 26 heteroatoms. The van der Waals surface area contributed by atoms with Crippen molar-refractivity contribution in [3.05, 3.63) is 105 Å². The van der Waals surface area contributed by atoms with Crippen molar-refractivity contribution in [2.24, 2.45) is 0 Å². The van der Waals surface area contributed by atoms with E-state index in [2.05, 4.69) is 15.9 Å². The van der Waals surface area contributed by atoms with Gasteiger partial charge in [0, 0.05) is 33.3 Å². The number of benzene rings is 3. The van der Waals surface area contributed by atoms with Gasteiger partial charge in [-0.05, 0) is 157 Å². The Kier molecular flexibility index (Phi) is 26.0. The quantitative estimate of drug-likeness (QED) is 0.125. The second-order valence-corrected chi connectivity index (χ2v) is 20.6. The van der Waals surface area contributed by atoms with E-state index in [9.17, 15) is 35.4 Å². The molecule has 22 nitrogen and oxygen atoms in total. The number of hydrogen-bond donors (Lipinski definition) is 1. The van der Waals surface area contributed by atoms with Gasteiger partial charge in [-0.1, -0.05) is 42.8 Å². The summed E-state index contributed by atoms with van der Waals surface area (Å²) in [7, 11) is -1.52. The fraction of sp³-hybridized carbons (Fsp3) is 0.562. The van der Waals surface area contributed by atoms with Crippen molar-refractivity contribution < 1.29 is 76.6 Å². The van der Waals surface area contributed by atoms with E-state index in [4.69, 9.17) is 56.7 Å². The lowest BCUT2D eigenvalue weighted by Gasteiger charge is -2.32. The minimum absolute atomic E-state index is 0.0168. The van der Waals surface area contributed by atoms with Gasteiger partial charge in [0.05, 0.1) is 54.4 Å². The maximum atomic E-state index is 11.2. The van der Waals surface area contributed by atoms with Gasteiger partial charge in [0.1, 0.15) is 5.75 Å². The maximum absolute atomic E-state index is 11.2. The van der Waals surface area contributed by atoms with Gasteiger partial charge >= 0.3 is 39.6 Å². The second kappa shape index (κ2) is 28.2. The lowest BCUT2D eigenvalue weighted by Crippen LogP contribution is -2.41. The molecule has 0 atom stereocenters. The molecule has 0 aliphatic carbocycles. The first-order valence-corrected chi connectivity index (χ1v) is 23.9. The van der Waals surface area contributed by atoms with Crippen LogP contribution in [0.4, 0.5) is 17.1 Å². The predicted octanol–water partition coefficient (Wildman–Crippen LogP) is 8.66. The van der Waals surface area contributed by atoms with Crippen LogP contribution in [0.5, 0.6) is 5.75 Å². The van der Waals surface area contributed by atoms with Crippen molar-refractivity contribution in [3.8, 4) is 5.75 Å². The molecule has 74 heavy (non-hydrogen) atoms. The summed E-state index contributed by atoms with van der Waals surface area (Å²) in [5, 5.41) is 41.6. The van der Waals surface area contributed by atoms with Crippen LogP contribution >= 0.6 is 15.9 Å². The number of carbonyl (C=O) groups excluding carboxylic acids is 6. The van der Waals surface area contributed by atoms with Crippen molar-refractivity contribution in [1.82, 2.24) is 0 Å². The maximum Gasteiger partial charge on any atom is 0.495 e. The van der Waals surface area contributed by atoms with Crippen LogP contribution in [0.25, 0.3) is 0 Å². The van der Waals surface area contributed by atoms with E-state index in [1.807, 2.05) is 116 Å². The highest BCUT2D eigenvalue weighted by atomic mass is 79.9. The largest absolute Gasteiger partial charge is 0.508 e. The van der Waals surface area contributed by atoms with E-state index in [0.717, 1.165) is 39.6 Å². The number of phenolic OH excluding ortho intramolecular Hbond substituents is 1. The van der Waals surface area contributed by atoms with Crippen LogP contribution in [-0.4, -0.2) is 93.1 Å². The molecule has 3 aliphatic heterocycles. The molecule has 3 aromatic carbocycles. The third kappa shape index (κ3) is 18.0. The zero-order valence-corrected chi connectivity index (χ0v) is 46.9.